The maximum Gasteiger partial charge on any atom is 0.170 e. The second-order valence-corrected chi connectivity index (χ2v) is 4.65. The molecule has 0 aliphatic heterocycles. The quantitative estimate of drug-likeness (QED) is 0.883. The van der Waals surface area contributed by atoms with Crippen LogP contribution in [0.15, 0.2) is 24.3 Å². The Morgan fingerprint density at radius 2 is 1.95 bits per heavy atom. The molecule has 0 radical (unpaired) electrons. The van der Waals surface area contributed by atoms with Crippen LogP contribution in [-0.4, -0.2) is 30.7 Å². The molecule has 1 aromatic heterocycles. The molecule has 0 saturated carbocycles. The number of para-hydroxylation sites is 1. The molecule has 0 aliphatic carbocycles. The summed E-state index contributed by atoms with van der Waals surface area (Å²) in [5.74, 6) is 2.91. The van der Waals surface area contributed by atoms with Crippen molar-refractivity contribution >= 4 is 5.82 Å². The van der Waals surface area contributed by atoms with Gasteiger partial charge in [0.25, 0.3) is 0 Å². The Morgan fingerprint density at radius 1 is 1.14 bits per heavy atom. The van der Waals surface area contributed by atoms with E-state index in [9.17, 15) is 0 Å². The maximum absolute atomic E-state index is 5.48. The molecular weight excluding hydrogens is 266 g/mol. The molecule has 112 valence electrons. The Morgan fingerprint density at radius 3 is 2.62 bits per heavy atom. The average Bonchev–Trinajstić information content (AvgIpc) is 2.51. The van der Waals surface area contributed by atoms with E-state index in [1.165, 1.54) is 0 Å². The summed E-state index contributed by atoms with van der Waals surface area (Å²) in [4.78, 5) is 8.91. The highest BCUT2D eigenvalue weighted by Gasteiger charge is 2.13. The molecule has 0 aliphatic rings. The molecule has 2 aromatic rings. The van der Waals surface area contributed by atoms with Gasteiger partial charge in [-0.25, -0.2) is 9.97 Å². The molecule has 21 heavy (non-hydrogen) atoms. The molecule has 0 saturated heterocycles. The van der Waals surface area contributed by atoms with Gasteiger partial charge >= 0.3 is 0 Å². The lowest BCUT2D eigenvalue weighted by atomic mass is 10.1. The molecule has 0 unspecified atom stereocenters. The fraction of sp³-hybridized carbons (Fsp3) is 0.375. The smallest absolute Gasteiger partial charge is 0.170 e. The Bertz CT molecular complexity index is 614. The number of aryl methyl sites for hydroxylation is 1. The van der Waals surface area contributed by atoms with Crippen LogP contribution in [0.2, 0.25) is 0 Å². The maximum atomic E-state index is 5.48. The lowest BCUT2D eigenvalue weighted by molar-refractivity contribution is 0.356. The van der Waals surface area contributed by atoms with Crippen LogP contribution in [0.1, 0.15) is 19.2 Å². The number of hydrogen-bond acceptors (Lipinski definition) is 5. The number of nitrogens with one attached hydrogen (secondary N) is 1. The van der Waals surface area contributed by atoms with Gasteiger partial charge in [-0.05, 0) is 25.5 Å². The third-order valence-electron chi connectivity index (χ3n) is 3.07. The summed E-state index contributed by atoms with van der Waals surface area (Å²) in [6, 6.07) is 7.69. The number of aromatic nitrogens is 2. The van der Waals surface area contributed by atoms with Gasteiger partial charge in [0.1, 0.15) is 11.6 Å². The van der Waals surface area contributed by atoms with Crippen LogP contribution in [0.25, 0.3) is 11.3 Å². The van der Waals surface area contributed by atoms with Crippen molar-refractivity contribution in [3.05, 3.63) is 30.1 Å². The molecule has 0 amide bonds. The molecule has 5 heteroatoms. The van der Waals surface area contributed by atoms with E-state index in [4.69, 9.17) is 9.47 Å². The predicted octanol–water partition coefficient (Wildman–Crippen LogP) is 3.29. The number of anilines is 1. The number of rotatable bonds is 6. The summed E-state index contributed by atoms with van der Waals surface area (Å²) in [5.41, 5.74) is 1.71. The Kier molecular flexibility index (Phi) is 4.98. The van der Waals surface area contributed by atoms with Crippen LogP contribution in [0.3, 0.4) is 0 Å². The van der Waals surface area contributed by atoms with E-state index in [1.807, 2.05) is 31.2 Å². The Balaban J connectivity index is 2.48. The van der Waals surface area contributed by atoms with Crippen molar-refractivity contribution in [2.45, 2.75) is 20.3 Å². The zero-order valence-corrected chi connectivity index (χ0v) is 12.9. The lowest BCUT2D eigenvalue weighted by Gasteiger charge is -2.13. The molecule has 1 heterocycles. The Hall–Kier alpha value is -2.30. The van der Waals surface area contributed by atoms with E-state index in [0.717, 1.165) is 35.9 Å². The molecule has 5 nitrogen and oxygen atoms in total. The fourth-order valence-electron chi connectivity index (χ4n) is 2.14. The first-order valence-corrected chi connectivity index (χ1v) is 7.00. The van der Waals surface area contributed by atoms with Crippen LogP contribution in [0, 0.1) is 6.92 Å². The van der Waals surface area contributed by atoms with Gasteiger partial charge in [0.15, 0.2) is 11.5 Å². The second-order valence-electron chi connectivity index (χ2n) is 4.65. The van der Waals surface area contributed by atoms with E-state index in [2.05, 4.69) is 22.2 Å². The minimum absolute atomic E-state index is 0.680. The molecule has 2 rings (SSSR count). The monoisotopic (exact) mass is 287 g/mol. The van der Waals surface area contributed by atoms with Crippen molar-refractivity contribution in [1.82, 2.24) is 9.97 Å². The largest absolute Gasteiger partial charge is 0.493 e. The van der Waals surface area contributed by atoms with Crippen molar-refractivity contribution < 1.29 is 9.47 Å². The van der Waals surface area contributed by atoms with Crippen molar-refractivity contribution in [2.24, 2.45) is 0 Å². The average molecular weight is 287 g/mol. The molecule has 0 fully saturated rings. The van der Waals surface area contributed by atoms with E-state index in [0.29, 0.717) is 11.5 Å². The van der Waals surface area contributed by atoms with Crippen molar-refractivity contribution in [2.75, 3.05) is 26.1 Å². The number of nitrogens with zero attached hydrogens (tertiary/aromatic N) is 2. The highest BCUT2D eigenvalue weighted by Crippen LogP contribution is 2.37. The van der Waals surface area contributed by atoms with E-state index >= 15 is 0 Å². The third kappa shape index (κ3) is 3.42. The number of methoxy groups -OCH3 is 2. The highest BCUT2D eigenvalue weighted by atomic mass is 16.5. The van der Waals surface area contributed by atoms with Crippen molar-refractivity contribution in [3.8, 4) is 22.8 Å². The SMILES string of the molecule is CCCNc1cc(-c2cccc(OC)c2OC)nc(C)n1. The zero-order chi connectivity index (χ0) is 15.2. The molecule has 0 spiro atoms. The summed E-state index contributed by atoms with van der Waals surface area (Å²) in [5, 5.41) is 3.29. The van der Waals surface area contributed by atoms with Gasteiger partial charge in [0.2, 0.25) is 0 Å². The molecule has 1 aromatic carbocycles. The highest BCUT2D eigenvalue weighted by molar-refractivity contribution is 5.72. The molecular formula is C16H21N3O2. The van der Waals surface area contributed by atoms with Crippen molar-refractivity contribution in [1.29, 1.82) is 0 Å². The molecule has 1 N–H and O–H groups in total. The summed E-state index contributed by atoms with van der Waals surface area (Å²) in [7, 11) is 3.26. The van der Waals surface area contributed by atoms with Crippen LogP contribution in [0.4, 0.5) is 5.82 Å². The van der Waals surface area contributed by atoms with E-state index in [-0.39, 0.29) is 0 Å². The molecule has 0 bridgehead atoms. The van der Waals surface area contributed by atoms with Crippen molar-refractivity contribution in [3.63, 3.8) is 0 Å². The summed E-state index contributed by atoms with van der Waals surface area (Å²) >= 11 is 0. The van der Waals surface area contributed by atoms with Gasteiger partial charge in [0.05, 0.1) is 19.9 Å². The van der Waals surface area contributed by atoms with E-state index < -0.39 is 0 Å². The van der Waals surface area contributed by atoms with Crippen LogP contribution in [0.5, 0.6) is 11.5 Å². The van der Waals surface area contributed by atoms with Gasteiger partial charge in [-0.1, -0.05) is 13.0 Å². The summed E-state index contributed by atoms with van der Waals surface area (Å²) < 4.78 is 10.8. The number of hydrogen-bond donors (Lipinski definition) is 1. The van der Waals surface area contributed by atoms with Gasteiger partial charge in [-0.3, -0.25) is 0 Å². The van der Waals surface area contributed by atoms with Crippen LogP contribution >= 0.6 is 0 Å². The lowest BCUT2D eigenvalue weighted by Crippen LogP contribution is -2.04. The van der Waals surface area contributed by atoms with Crippen LogP contribution < -0.4 is 14.8 Å². The Labute approximate surface area is 125 Å². The second kappa shape index (κ2) is 6.92. The van der Waals surface area contributed by atoms with Gasteiger partial charge in [-0.2, -0.15) is 0 Å². The van der Waals surface area contributed by atoms with Gasteiger partial charge in [-0.15, -0.1) is 0 Å². The molecule has 0 atom stereocenters. The first kappa shape index (κ1) is 15.1. The van der Waals surface area contributed by atoms with Crippen LogP contribution in [-0.2, 0) is 0 Å². The van der Waals surface area contributed by atoms with E-state index in [1.54, 1.807) is 14.2 Å². The first-order valence-electron chi connectivity index (χ1n) is 7.00. The normalized spacial score (nSPS) is 10.3. The van der Waals surface area contributed by atoms with Gasteiger partial charge in [0, 0.05) is 18.2 Å². The first-order chi connectivity index (χ1) is 10.2. The summed E-state index contributed by atoms with van der Waals surface area (Å²) in [6.07, 6.45) is 1.04. The predicted molar refractivity (Wildman–Crippen MR) is 84.1 cm³/mol. The van der Waals surface area contributed by atoms with Gasteiger partial charge < -0.3 is 14.8 Å². The number of benzene rings is 1. The zero-order valence-electron chi connectivity index (χ0n) is 12.9. The standard InChI is InChI=1S/C16H21N3O2/c1-5-9-17-15-10-13(18-11(2)19-15)12-7-6-8-14(20-3)16(12)21-4/h6-8,10H,5,9H2,1-4H3,(H,17,18,19). The minimum Gasteiger partial charge on any atom is -0.493 e. The number of ether oxygens (including phenoxy) is 2. The summed E-state index contributed by atoms with van der Waals surface area (Å²) in [6.45, 7) is 4.88. The fourth-order valence-corrected chi connectivity index (χ4v) is 2.14. The minimum atomic E-state index is 0.680. The topological polar surface area (TPSA) is 56.3 Å². The third-order valence-corrected chi connectivity index (χ3v) is 3.07.